The molecule has 1 fully saturated rings. The van der Waals surface area contributed by atoms with Crippen LogP contribution in [0.1, 0.15) is 25.8 Å². The van der Waals surface area contributed by atoms with Gasteiger partial charge in [0, 0.05) is 13.1 Å². The minimum atomic E-state index is -3.33. The summed E-state index contributed by atoms with van der Waals surface area (Å²) in [6, 6.07) is 6.93. The normalized spacial score (nSPS) is 16.6. The summed E-state index contributed by atoms with van der Waals surface area (Å²) in [7, 11) is -3.33. The maximum atomic E-state index is 12.2. The Hall–Kier alpha value is -0.910. The quantitative estimate of drug-likeness (QED) is 0.838. The lowest BCUT2D eigenvalue weighted by atomic mass is 10.2. The Morgan fingerprint density at radius 3 is 2.05 bits per heavy atom. The van der Waals surface area contributed by atoms with Crippen molar-refractivity contribution in [2.24, 2.45) is 0 Å². The average Bonchev–Trinajstić information content (AvgIpc) is 2.41. The number of rotatable bonds is 2. The zero-order valence-corrected chi connectivity index (χ0v) is 12.7. The molecular formula is C14H23NO3S. The molecule has 1 aromatic carbocycles. The first-order valence-corrected chi connectivity index (χ1v) is 8.11. The van der Waals surface area contributed by atoms with E-state index in [4.69, 9.17) is 4.74 Å². The van der Waals surface area contributed by atoms with E-state index >= 15 is 0 Å². The van der Waals surface area contributed by atoms with Crippen molar-refractivity contribution in [1.29, 1.82) is 0 Å². The molecule has 0 saturated carbocycles. The number of aryl methyl sites for hydroxylation is 1. The summed E-state index contributed by atoms with van der Waals surface area (Å²) in [6.45, 7) is 8.02. The first kappa shape index (κ1) is 16.1. The lowest BCUT2D eigenvalue weighted by Crippen LogP contribution is -2.40. The van der Waals surface area contributed by atoms with Crippen molar-refractivity contribution < 1.29 is 13.2 Å². The Labute approximate surface area is 116 Å². The third-order valence-electron chi connectivity index (χ3n) is 2.63. The van der Waals surface area contributed by atoms with E-state index < -0.39 is 10.0 Å². The van der Waals surface area contributed by atoms with Crippen LogP contribution in [-0.2, 0) is 14.8 Å². The van der Waals surface area contributed by atoms with Gasteiger partial charge in [-0.3, -0.25) is 0 Å². The summed E-state index contributed by atoms with van der Waals surface area (Å²) in [5.74, 6) is 0. The molecule has 1 aliphatic heterocycles. The molecule has 0 aromatic heterocycles. The van der Waals surface area contributed by atoms with Crippen LogP contribution in [0, 0.1) is 6.92 Å². The number of ether oxygens (including phenoxy) is 1. The van der Waals surface area contributed by atoms with Gasteiger partial charge in [0.1, 0.15) is 0 Å². The van der Waals surface area contributed by atoms with Gasteiger partial charge in [-0.2, -0.15) is 4.31 Å². The summed E-state index contributed by atoms with van der Waals surface area (Å²) >= 11 is 0. The van der Waals surface area contributed by atoms with Crippen LogP contribution < -0.4 is 0 Å². The average molecular weight is 285 g/mol. The first-order chi connectivity index (χ1) is 9.02. The fraction of sp³-hybridized carbons (Fsp3) is 0.571. The molecule has 0 radical (unpaired) electrons. The highest BCUT2D eigenvalue weighted by Crippen LogP contribution is 2.17. The Balaban J connectivity index is 0.000000550. The second-order valence-electron chi connectivity index (χ2n) is 4.54. The van der Waals surface area contributed by atoms with Gasteiger partial charge in [-0.1, -0.05) is 38.0 Å². The monoisotopic (exact) mass is 285 g/mol. The van der Waals surface area contributed by atoms with E-state index in [-0.39, 0.29) is 0 Å². The summed E-state index contributed by atoms with van der Waals surface area (Å²) in [5, 5.41) is 0. The molecule has 108 valence electrons. The summed E-state index contributed by atoms with van der Waals surface area (Å²) in [4.78, 5) is 0.361. The Morgan fingerprint density at radius 2 is 1.58 bits per heavy atom. The first-order valence-electron chi connectivity index (χ1n) is 6.67. The van der Waals surface area contributed by atoms with E-state index in [9.17, 15) is 8.42 Å². The predicted molar refractivity (Wildman–Crippen MR) is 76.7 cm³/mol. The number of benzene rings is 1. The number of hydrogen-bond donors (Lipinski definition) is 0. The molecule has 0 aliphatic carbocycles. The highest BCUT2D eigenvalue weighted by atomic mass is 32.2. The van der Waals surface area contributed by atoms with Crippen LogP contribution in [-0.4, -0.2) is 39.0 Å². The van der Waals surface area contributed by atoms with Crippen LogP contribution in [0.4, 0.5) is 0 Å². The minimum Gasteiger partial charge on any atom is -0.379 e. The van der Waals surface area contributed by atoms with Crippen molar-refractivity contribution in [3.05, 3.63) is 29.8 Å². The summed E-state index contributed by atoms with van der Waals surface area (Å²) in [5.41, 5.74) is 1.06. The van der Waals surface area contributed by atoms with Crippen molar-refractivity contribution in [2.45, 2.75) is 32.1 Å². The van der Waals surface area contributed by atoms with Gasteiger partial charge < -0.3 is 4.74 Å². The molecular weight excluding hydrogens is 262 g/mol. The van der Waals surface area contributed by atoms with Crippen LogP contribution in [0.25, 0.3) is 0 Å². The van der Waals surface area contributed by atoms with Crippen molar-refractivity contribution in [3.63, 3.8) is 0 Å². The molecule has 19 heavy (non-hydrogen) atoms. The van der Waals surface area contributed by atoms with Crippen LogP contribution in [0.5, 0.6) is 0 Å². The molecule has 0 unspecified atom stereocenters. The molecule has 4 nitrogen and oxygen atoms in total. The zero-order chi connectivity index (χ0) is 14.3. The number of sulfonamides is 1. The van der Waals surface area contributed by atoms with Crippen molar-refractivity contribution in [3.8, 4) is 0 Å². The fourth-order valence-corrected chi connectivity index (χ4v) is 3.05. The SMILES string of the molecule is CCC.Cc1ccc(S(=O)(=O)N2CCOCC2)cc1. The third kappa shape index (κ3) is 4.60. The molecule has 1 heterocycles. The van der Waals surface area contributed by atoms with E-state index in [1.165, 1.54) is 10.7 Å². The van der Waals surface area contributed by atoms with E-state index in [2.05, 4.69) is 13.8 Å². The molecule has 5 heteroatoms. The van der Waals surface area contributed by atoms with Gasteiger partial charge in [0.25, 0.3) is 0 Å². The molecule has 0 spiro atoms. The predicted octanol–water partition coefficient (Wildman–Crippen LogP) is 2.43. The summed E-state index contributed by atoms with van der Waals surface area (Å²) < 4.78 is 31.0. The zero-order valence-electron chi connectivity index (χ0n) is 11.9. The van der Waals surface area contributed by atoms with E-state index in [1.54, 1.807) is 12.1 Å². The lowest BCUT2D eigenvalue weighted by Gasteiger charge is -2.26. The van der Waals surface area contributed by atoms with Crippen LogP contribution in [0.2, 0.25) is 0 Å². The smallest absolute Gasteiger partial charge is 0.243 e. The van der Waals surface area contributed by atoms with Crippen molar-refractivity contribution in [1.82, 2.24) is 4.31 Å². The standard InChI is InChI=1S/C11H15NO3S.C3H8/c1-10-2-4-11(5-3-10)16(13,14)12-6-8-15-9-7-12;1-3-2/h2-5H,6-9H2,1H3;3H2,1-2H3. The molecule has 0 bridgehead atoms. The van der Waals surface area contributed by atoms with Gasteiger partial charge in [0.2, 0.25) is 10.0 Å². The Morgan fingerprint density at radius 1 is 1.11 bits per heavy atom. The van der Waals surface area contributed by atoms with Crippen LogP contribution in [0.15, 0.2) is 29.2 Å². The van der Waals surface area contributed by atoms with E-state index in [1.807, 2.05) is 19.1 Å². The lowest BCUT2D eigenvalue weighted by molar-refractivity contribution is 0.0730. The Kier molecular flexibility index (Phi) is 6.48. The molecule has 2 rings (SSSR count). The molecule has 1 aromatic rings. The highest BCUT2D eigenvalue weighted by Gasteiger charge is 2.25. The highest BCUT2D eigenvalue weighted by molar-refractivity contribution is 7.89. The van der Waals surface area contributed by atoms with Gasteiger partial charge >= 0.3 is 0 Å². The van der Waals surface area contributed by atoms with Gasteiger partial charge in [0.05, 0.1) is 18.1 Å². The van der Waals surface area contributed by atoms with Crippen molar-refractivity contribution in [2.75, 3.05) is 26.3 Å². The van der Waals surface area contributed by atoms with Crippen LogP contribution >= 0.6 is 0 Å². The molecule has 0 amide bonds. The third-order valence-corrected chi connectivity index (χ3v) is 4.54. The molecule has 0 atom stereocenters. The fourth-order valence-electron chi connectivity index (χ4n) is 1.65. The minimum absolute atomic E-state index is 0.361. The molecule has 1 saturated heterocycles. The van der Waals surface area contributed by atoms with Gasteiger partial charge in [-0.15, -0.1) is 0 Å². The summed E-state index contributed by atoms with van der Waals surface area (Å²) in [6.07, 6.45) is 1.25. The van der Waals surface area contributed by atoms with Gasteiger partial charge in [-0.25, -0.2) is 8.42 Å². The van der Waals surface area contributed by atoms with E-state index in [0.29, 0.717) is 31.2 Å². The molecule has 0 N–H and O–H groups in total. The van der Waals surface area contributed by atoms with Gasteiger partial charge in [-0.05, 0) is 19.1 Å². The topological polar surface area (TPSA) is 46.6 Å². The molecule has 1 aliphatic rings. The van der Waals surface area contributed by atoms with Crippen molar-refractivity contribution >= 4 is 10.0 Å². The largest absolute Gasteiger partial charge is 0.379 e. The number of hydrogen-bond acceptors (Lipinski definition) is 3. The van der Waals surface area contributed by atoms with Crippen LogP contribution in [0.3, 0.4) is 0 Å². The Bertz CT molecular complexity index is 462. The number of morpholine rings is 1. The number of nitrogens with zero attached hydrogens (tertiary/aromatic N) is 1. The maximum Gasteiger partial charge on any atom is 0.243 e. The second-order valence-corrected chi connectivity index (χ2v) is 6.47. The second kappa shape index (κ2) is 7.62. The van der Waals surface area contributed by atoms with Gasteiger partial charge in [0.15, 0.2) is 0 Å². The van der Waals surface area contributed by atoms with E-state index in [0.717, 1.165) is 5.56 Å². The maximum absolute atomic E-state index is 12.2.